The van der Waals surface area contributed by atoms with Crippen LogP contribution in [0.25, 0.3) is 0 Å². The highest BCUT2D eigenvalue weighted by Gasteiger charge is 2.17. The standard InChI is InChI=1S/C12H17O4/c1-4-14-10-8-7-9(13)11(15-5-2)12(10)16-6-3/h7-8H,4-6H2,1-3H3. The summed E-state index contributed by atoms with van der Waals surface area (Å²) < 4.78 is 16.1. The zero-order valence-corrected chi connectivity index (χ0v) is 9.91. The molecule has 0 saturated heterocycles. The largest absolute Gasteiger partial charge is 0.490 e. The molecule has 0 heterocycles. The van der Waals surface area contributed by atoms with E-state index in [2.05, 4.69) is 0 Å². The quantitative estimate of drug-likeness (QED) is 0.747. The first kappa shape index (κ1) is 12.5. The van der Waals surface area contributed by atoms with Crippen LogP contribution in [0.5, 0.6) is 23.0 Å². The number of benzene rings is 1. The summed E-state index contributed by atoms with van der Waals surface area (Å²) in [6.45, 7) is 6.95. The van der Waals surface area contributed by atoms with Crippen molar-refractivity contribution in [3.8, 4) is 23.0 Å². The monoisotopic (exact) mass is 225 g/mol. The lowest BCUT2D eigenvalue weighted by molar-refractivity contribution is 0.242. The summed E-state index contributed by atoms with van der Waals surface area (Å²) in [6.07, 6.45) is 0. The Bertz CT molecular complexity index is 336. The fourth-order valence-electron chi connectivity index (χ4n) is 1.36. The van der Waals surface area contributed by atoms with Crippen LogP contribution >= 0.6 is 0 Å². The number of rotatable bonds is 6. The van der Waals surface area contributed by atoms with Crippen LogP contribution in [0.1, 0.15) is 20.8 Å². The Balaban J connectivity index is 3.14. The summed E-state index contributed by atoms with van der Waals surface area (Å²) >= 11 is 0. The molecule has 16 heavy (non-hydrogen) atoms. The fourth-order valence-corrected chi connectivity index (χ4v) is 1.36. The minimum atomic E-state index is -0.186. The van der Waals surface area contributed by atoms with Gasteiger partial charge in [0.15, 0.2) is 5.75 Å². The van der Waals surface area contributed by atoms with Crippen LogP contribution in [-0.4, -0.2) is 19.8 Å². The van der Waals surface area contributed by atoms with Gasteiger partial charge in [0.2, 0.25) is 17.2 Å². The molecule has 0 saturated carbocycles. The zero-order valence-electron chi connectivity index (χ0n) is 9.91. The predicted octanol–water partition coefficient (Wildman–Crippen LogP) is 3.03. The highest BCUT2D eigenvalue weighted by Crippen LogP contribution is 2.44. The Labute approximate surface area is 95.8 Å². The third kappa shape index (κ3) is 2.72. The van der Waals surface area contributed by atoms with Gasteiger partial charge in [0.05, 0.1) is 19.8 Å². The Hall–Kier alpha value is -1.58. The van der Waals surface area contributed by atoms with Crippen molar-refractivity contribution in [1.29, 1.82) is 0 Å². The Morgan fingerprint density at radius 1 is 0.875 bits per heavy atom. The third-order valence-corrected chi connectivity index (χ3v) is 1.92. The molecule has 0 unspecified atom stereocenters. The van der Waals surface area contributed by atoms with Crippen LogP contribution in [0, 0.1) is 0 Å². The van der Waals surface area contributed by atoms with Crippen molar-refractivity contribution in [1.82, 2.24) is 0 Å². The van der Waals surface area contributed by atoms with E-state index in [0.717, 1.165) is 0 Å². The summed E-state index contributed by atoms with van der Waals surface area (Å²) in [5.74, 6) is 0.996. The zero-order chi connectivity index (χ0) is 12.0. The first-order valence-electron chi connectivity index (χ1n) is 5.46. The van der Waals surface area contributed by atoms with Gasteiger partial charge in [-0.3, -0.25) is 5.11 Å². The van der Waals surface area contributed by atoms with E-state index >= 15 is 0 Å². The smallest absolute Gasteiger partial charge is 0.224 e. The third-order valence-electron chi connectivity index (χ3n) is 1.92. The molecule has 0 aliphatic carbocycles. The van der Waals surface area contributed by atoms with Crippen molar-refractivity contribution in [2.45, 2.75) is 20.8 Å². The molecule has 4 nitrogen and oxygen atoms in total. The van der Waals surface area contributed by atoms with Gasteiger partial charge in [0.25, 0.3) is 0 Å². The molecule has 0 aliphatic rings. The second-order valence-electron chi connectivity index (χ2n) is 3.02. The van der Waals surface area contributed by atoms with E-state index in [-0.39, 0.29) is 11.5 Å². The fraction of sp³-hybridized carbons (Fsp3) is 0.500. The van der Waals surface area contributed by atoms with Crippen LogP contribution in [-0.2, 0) is 5.11 Å². The van der Waals surface area contributed by atoms with Gasteiger partial charge in [-0.1, -0.05) is 0 Å². The number of hydrogen-bond donors (Lipinski definition) is 0. The molecule has 4 heteroatoms. The van der Waals surface area contributed by atoms with Crippen molar-refractivity contribution in [2.75, 3.05) is 19.8 Å². The van der Waals surface area contributed by atoms with Gasteiger partial charge in [0, 0.05) is 0 Å². The van der Waals surface area contributed by atoms with Crippen LogP contribution in [0.3, 0.4) is 0 Å². The highest BCUT2D eigenvalue weighted by atomic mass is 16.5. The molecule has 1 aromatic carbocycles. The molecule has 1 aromatic rings. The maximum atomic E-state index is 11.6. The minimum Gasteiger partial charge on any atom is -0.490 e. The van der Waals surface area contributed by atoms with Crippen LogP contribution < -0.4 is 14.2 Å². The molecule has 89 valence electrons. The van der Waals surface area contributed by atoms with E-state index in [4.69, 9.17) is 14.2 Å². The van der Waals surface area contributed by atoms with Gasteiger partial charge in [-0.05, 0) is 32.9 Å². The first-order chi connectivity index (χ1) is 7.74. The topological polar surface area (TPSA) is 47.6 Å². The average Bonchev–Trinajstić information content (AvgIpc) is 2.27. The van der Waals surface area contributed by atoms with Crippen LogP contribution in [0.4, 0.5) is 0 Å². The van der Waals surface area contributed by atoms with Gasteiger partial charge >= 0.3 is 0 Å². The predicted molar refractivity (Wildman–Crippen MR) is 60.1 cm³/mol. The molecule has 0 fully saturated rings. The van der Waals surface area contributed by atoms with E-state index in [0.29, 0.717) is 31.3 Å². The van der Waals surface area contributed by atoms with Crippen molar-refractivity contribution in [3.05, 3.63) is 12.1 Å². The summed E-state index contributed by atoms with van der Waals surface area (Å²) in [4.78, 5) is 0. The lowest BCUT2D eigenvalue weighted by Crippen LogP contribution is -2.02. The minimum absolute atomic E-state index is 0.186. The van der Waals surface area contributed by atoms with Gasteiger partial charge in [-0.2, -0.15) is 0 Å². The summed E-state index contributed by atoms with van der Waals surface area (Å²) in [5, 5.41) is 11.6. The van der Waals surface area contributed by atoms with E-state index in [1.807, 2.05) is 20.8 Å². The van der Waals surface area contributed by atoms with Gasteiger partial charge in [-0.25, -0.2) is 0 Å². The Morgan fingerprint density at radius 3 is 2.00 bits per heavy atom. The summed E-state index contributed by atoms with van der Waals surface area (Å²) in [6, 6.07) is 3.04. The molecule has 0 amide bonds. The van der Waals surface area contributed by atoms with E-state index in [1.54, 1.807) is 6.07 Å². The Kier molecular flexibility index (Phi) is 4.76. The molecule has 0 N–H and O–H groups in total. The molecule has 0 aliphatic heterocycles. The molecular formula is C12H17O4. The molecule has 0 aromatic heterocycles. The first-order valence-corrected chi connectivity index (χ1v) is 5.46. The molecule has 0 atom stereocenters. The SMILES string of the molecule is CCOc1ccc([O])c(OCC)c1OCC. The van der Waals surface area contributed by atoms with Gasteiger partial charge < -0.3 is 14.2 Å². The lowest BCUT2D eigenvalue weighted by atomic mass is 10.2. The summed E-state index contributed by atoms with van der Waals surface area (Å²) in [7, 11) is 0. The molecular weight excluding hydrogens is 208 g/mol. The average molecular weight is 225 g/mol. The second kappa shape index (κ2) is 6.10. The summed E-state index contributed by atoms with van der Waals surface area (Å²) in [5.41, 5.74) is 0. The van der Waals surface area contributed by atoms with Gasteiger partial charge in [-0.15, -0.1) is 0 Å². The second-order valence-corrected chi connectivity index (χ2v) is 3.02. The van der Waals surface area contributed by atoms with Crippen molar-refractivity contribution >= 4 is 0 Å². The normalized spacial score (nSPS) is 9.94. The highest BCUT2D eigenvalue weighted by molar-refractivity contribution is 5.58. The molecule has 0 bridgehead atoms. The van der Waals surface area contributed by atoms with E-state index in [9.17, 15) is 5.11 Å². The van der Waals surface area contributed by atoms with Crippen molar-refractivity contribution < 1.29 is 19.3 Å². The van der Waals surface area contributed by atoms with Gasteiger partial charge in [0.1, 0.15) is 0 Å². The molecule has 1 rings (SSSR count). The molecule has 1 radical (unpaired) electrons. The van der Waals surface area contributed by atoms with Crippen LogP contribution in [0.15, 0.2) is 12.1 Å². The molecule has 0 spiro atoms. The van der Waals surface area contributed by atoms with E-state index < -0.39 is 0 Å². The number of hydrogen-bond acceptors (Lipinski definition) is 3. The lowest BCUT2D eigenvalue weighted by Gasteiger charge is -2.15. The van der Waals surface area contributed by atoms with E-state index in [1.165, 1.54) is 6.07 Å². The Morgan fingerprint density at radius 2 is 1.44 bits per heavy atom. The maximum Gasteiger partial charge on any atom is 0.224 e. The van der Waals surface area contributed by atoms with Crippen molar-refractivity contribution in [3.63, 3.8) is 0 Å². The maximum absolute atomic E-state index is 11.6. The van der Waals surface area contributed by atoms with Crippen LogP contribution in [0.2, 0.25) is 0 Å². The van der Waals surface area contributed by atoms with Crippen molar-refractivity contribution in [2.24, 2.45) is 0 Å². The number of ether oxygens (including phenoxy) is 3.